The van der Waals surface area contributed by atoms with Gasteiger partial charge in [0, 0.05) is 46.8 Å². The Balaban J connectivity index is 1.43. The van der Waals surface area contributed by atoms with Gasteiger partial charge in [-0.1, -0.05) is 72.3 Å². The molecule has 0 bridgehead atoms. The first-order valence-corrected chi connectivity index (χ1v) is 12.3. The fourth-order valence-electron chi connectivity index (χ4n) is 4.85. The maximum atomic E-state index is 13.2. The minimum absolute atomic E-state index is 0.316. The number of aromatic nitrogens is 4. The predicted molar refractivity (Wildman–Crippen MR) is 145 cm³/mol. The van der Waals surface area contributed by atoms with Gasteiger partial charge in [0.1, 0.15) is 0 Å². The molecule has 3 heterocycles. The zero-order chi connectivity index (χ0) is 25.2. The van der Waals surface area contributed by atoms with E-state index < -0.39 is 0 Å². The molecule has 0 aliphatic carbocycles. The first-order valence-electron chi connectivity index (χ1n) is 12.3. The number of hydrogen-bond donors (Lipinski definition) is 0. The Labute approximate surface area is 210 Å². The lowest BCUT2D eigenvalue weighted by molar-refractivity contribution is 0.282. The second kappa shape index (κ2) is 9.99. The van der Waals surface area contributed by atoms with Crippen LogP contribution in [-0.4, -0.2) is 56.3 Å². The van der Waals surface area contributed by atoms with Crippen molar-refractivity contribution < 1.29 is 0 Å². The molecule has 5 rings (SSSR count). The van der Waals surface area contributed by atoms with Crippen LogP contribution >= 0.6 is 0 Å². The molecule has 8 nitrogen and oxygen atoms in total. The van der Waals surface area contributed by atoms with Gasteiger partial charge in [-0.2, -0.15) is 4.98 Å². The molecule has 2 aromatic carbocycles. The Hall–Kier alpha value is -3.91. The summed E-state index contributed by atoms with van der Waals surface area (Å²) >= 11 is 0. The average Bonchev–Trinajstić information content (AvgIpc) is 3.26. The van der Waals surface area contributed by atoms with Crippen molar-refractivity contribution in [1.82, 2.24) is 23.6 Å². The van der Waals surface area contributed by atoms with Crippen molar-refractivity contribution in [2.75, 3.05) is 37.6 Å². The molecule has 0 N–H and O–H groups in total. The number of anilines is 1. The van der Waals surface area contributed by atoms with Gasteiger partial charge >= 0.3 is 5.69 Å². The third-order valence-corrected chi connectivity index (χ3v) is 6.88. The number of imidazole rings is 1. The molecule has 0 unspecified atom stereocenters. The number of aryl methyl sites for hydroxylation is 2. The second-order valence-corrected chi connectivity index (χ2v) is 9.47. The van der Waals surface area contributed by atoms with Crippen LogP contribution in [0.3, 0.4) is 0 Å². The van der Waals surface area contributed by atoms with E-state index in [4.69, 9.17) is 4.98 Å². The Bertz CT molecular complexity index is 1520. The van der Waals surface area contributed by atoms with Gasteiger partial charge in [0.05, 0.1) is 6.54 Å². The smallest absolute Gasteiger partial charge is 0.332 e. The van der Waals surface area contributed by atoms with Gasteiger partial charge in [-0.05, 0) is 18.1 Å². The van der Waals surface area contributed by atoms with Crippen molar-refractivity contribution in [3.63, 3.8) is 0 Å². The van der Waals surface area contributed by atoms with Crippen molar-refractivity contribution in [2.45, 2.75) is 13.5 Å². The van der Waals surface area contributed by atoms with Crippen molar-refractivity contribution in [3.05, 3.63) is 98.2 Å². The number of benzene rings is 2. The number of nitrogens with zero attached hydrogens (tertiary/aromatic N) is 6. The van der Waals surface area contributed by atoms with Gasteiger partial charge in [-0.3, -0.25) is 23.4 Å². The maximum absolute atomic E-state index is 13.2. The van der Waals surface area contributed by atoms with E-state index >= 15 is 0 Å². The summed E-state index contributed by atoms with van der Waals surface area (Å²) in [6.45, 7) is 6.84. The summed E-state index contributed by atoms with van der Waals surface area (Å²) in [5.74, 6) is 0.740. The minimum atomic E-state index is -0.366. The molecule has 0 amide bonds. The highest BCUT2D eigenvalue weighted by molar-refractivity contribution is 5.75. The van der Waals surface area contributed by atoms with E-state index in [0.717, 1.165) is 54.4 Å². The van der Waals surface area contributed by atoms with Crippen LogP contribution in [0, 0.1) is 6.92 Å². The quantitative estimate of drug-likeness (QED) is 0.421. The van der Waals surface area contributed by atoms with Crippen LogP contribution in [0.25, 0.3) is 17.2 Å². The van der Waals surface area contributed by atoms with Gasteiger partial charge in [-0.25, -0.2) is 4.79 Å². The number of piperazine rings is 1. The van der Waals surface area contributed by atoms with Crippen LogP contribution in [0.15, 0.2) is 70.3 Å². The molecule has 1 aliphatic rings. The molecule has 8 heteroatoms. The van der Waals surface area contributed by atoms with Gasteiger partial charge in [-0.15, -0.1) is 0 Å². The van der Waals surface area contributed by atoms with Crippen LogP contribution in [0.4, 0.5) is 5.95 Å². The van der Waals surface area contributed by atoms with Crippen LogP contribution in [0.1, 0.15) is 16.7 Å². The largest absolute Gasteiger partial charge is 0.340 e. The summed E-state index contributed by atoms with van der Waals surface area (Å²) in [6, 6.07) is 18.6. The van der Waals surface area contributed by atoms with Crippen LogP contribution in [-0.2, 0) is 20.6 Å². The zero-order valence-corrected chi connectivity index (χ0v) is 21.1. The van der Waals surface area contributed by atoms with E-state index in [2.05, 4.69) is 59.2 Å². The third-order valence-electron chi connectivity index (χ3n) is 6.88. The number of hydrogen-bond acceptors (Lipinski definition) is 5. The van der Waals surface area contributed by atoms with E-state index in [0.29, 0.717) is 17.7 Å². The molecule has 0 atom stereocenters. The Kier molecular flexibility index (Phi) is 6.61. The highest BCUT2D eigenvalue weighted by Crippen LogP contribution is 2.23. The lowest BCUT2D eigenvalue weighted by Crippen LogP contribution is -2.47. The SMILES string of the molecule is Cc1cccc(Cn2c(N3CCN(C/C=C/c4ccccc4)CC3)nc3c2c(=O)n(C)c(=O)n3C)c1. The second-order valence-electron chi connectivity index (χ2n) is 9.47. The van der Waals surface area contributed by atoms with Crippen LogP contribution in [0.2, 0.25) is 0 Å². The molecular weight excluding hydrogens is 452 g/mol. The summed E-state index contributed by atoms with van der Waals surface area (Å²) in [4.78, 5) is 35.3. The summed E-state index contributed by atoms with van der Waals surface area (Å²) in [6.07, 6.45) is 4.36. The van der Waals surface area contributed by atoms with Crippen molar-refractivity contribution in [3.8, 4) is 0 Å². The van der Waals surface area contributed by atoms with Crippen LogP contribution < -0.4 is 16.1 Å². The highest BCUT2D eigenvalue weighted by atomic mass is 16.2. The minimum Gasteiger partial charge on any atom is -0.340 e. The Morgan fingerprint density at radius 1 is 0.917 bits per heavy atom. The van der Waals surface area contributed by atoms with Gasteiger partial charge in [0.15, 0.2) is 11.2 Å². The summed E-state index contributed by atoms with van der Waals surface area (Å²) in [7, 11) is 3.20. The van der Waals surface area contributed by atoms with Gasteiger partial charge in [0.25, 0.3) is 5.56 Å². The molecule has 36 heavy (non-hydrogen) atoms. The van der Waals surface area contributed by atoms with Crippen molar-refractivity contribution in [2.24, 2.45) is 14.1 Å². The first kappa shape index (κ1) is 23.8. The van der Waals surface area contributed by atoms with E-state index in [-0.39, 0.29) is 11.2 Å². The highest BCUT2D eigenvalue weighted by Gasteiger charge is 2.25. The Morgan fingerprint density at radius 2 is 1.67 bits per heavy atom. The van der Waals surface area contributed by atoms with Crippen molar-refractivity contribution >= 4 is 23.2 Å². The topological polar surface area (TPSA) is 68.3 Å². The molecule has 0 saturated carbocycles. The first-order chi connectivity index (χ1) is 17.4. The summed E-state index contributed by atoms with van der Waals surface area (Å²) in [5.41, 5.74) is 3.67. The normalized spacial score (nSPS) is 14.8. The fourth-order valence-corrected chi connectivity index (χ4v) is 4.85. The average molecular weight is 485 g/mol. The Morgan fingerprint density at radius 3 is 2.39 bits per heavy atom. The molecule has 1 saturated heterocycles. The van der Waals surface area contributed by atoms with Crippen molar-refractivity contribution in [1.29, 1.82) is 0 Å². The van der Waals surface area contributed by atoms with E-state index in [1.165, 1.54) is 17.2 Å². The third kappa shape index (κ3) is 4.64. The lowest BCUT2D eigenvalue weighted by atomic mass is 10.1. The zero-order valence-electron chi connectivity index (χ0n) is 21.1. The molecule has 0 spiro atoms. The predicted octanol–water partition coefficient (Wildman–Crippen LogP) is 2.63. The van der Waals surface area contributed by atoms with E-state index in [1.807, 2.05) is 28.8 Å². The summed E-state index contributed by atoms with van der Waals surface area (Å²) < 4.78 is 4.62. The monoisotopic (exact) mass is 484 g/mol. The molecule has 4 aromatic rings. The number of fused-ring (bicyclic) bond motifs is 1. The molecule has 1 fully saturated rings. The molecule has 0 radical (unpaired) electrons. The van der Waals surface area contributed by atoms with Crippen LogP contribution in [0.5, 0.6) is 0 Å². The maximum Gasteiger partial charge on any atom is 0.332 e. The molecule has 2 aromatic heterocycles. The lowest BCUT2D eigenvalue weighted by Gasteiger charge is -2.35. The molecule has 186 valence electrons. The van der Waals surface area contributed by atoms with Gasteiger partial charge in [0.2, 0.25) is 5.95 Å². The summed E-state index contributed by atoms with van der Waals surface area (Å²) in [5, 5.41) is 0. The standard InChI is InChI=1S/C28H32N6O2/c1-21-9-7-12-23(19-21)20-34-24-25(30(2)28(36)31(3)26(24)35)29-27(34)33-17-15-32(16-18-33)14-8-13-22-10-5-4-6-11-22/h4-13,19H,14-18,20H2,1-3H3/b13-8+. The van der Waals surface area contributed by atoms with Gasteiger partial charge < -0.3 is 4.90 Å². The number of rotatable bonds is 6. The van der Waals surface area contributed by atoms with E-state index in [9.17, 15) is 9.59 Å². The molecular formula is C28H32N6O2. The van der Waals surface area contributed by atoms with E-state index in [1.54, 1.807) is 7.05 Å². The fraction of sp³-hybridized carbons (Fsp3) is 0.321. The molecule has 1 aliphatic heterocycles.